The number of aromatic nitrogens is 1. The van der Waals surface area contributed by atoms with E-state index in [4.69, 9.17) is 16.3 Å². The van der Waals surface area contributed by atoms with E-state index in [0.717, 1.165) is 18.8 Å². The minimum atomic E-state index is -3.65. The largest absolute Gasteiger partial charge is 0.379 e. The number of nitrogens with zero attached hydrogens (tertiary/aromatic N) is 2. The molecule has 2 heterocycles. The summed E-state index contributed by atoms with van der Waals surface area (Å²) in [5, 5.41) is 0.406. The van der Waals surface area contributed by atoms with Crippen molar-refractivity contribution in [3.63, 3.8) is 0 Å². The van der Waals surface area contributed by atoms with Crippen molar-refractivity contribution in [1.82, 2.24) is 14.2 Å². The molecule has 1 unspecified atom stereocenters. The van der Waals surface area contributed by atoms with Crippen LogP contribution in [0, 0.1) is 6.92 Å². The molecule has 1 aromatic heterocycles. The Labute approximate surface area is 159 Å². The van der Waals surface area contributed by atoms with Gasteiger partial charge in [-0.1, -0.05) is 17.7 Å². The van der Waals surface area contributed by atoms with Gasteiger partial charge in [0.15, 0.2) is 0 Å². The minimum Gasteiger partial charge on any atom is -0.379 e. The Balaban J connectivity index is 1.83. The quantitative estimate of drug-likeness (QED) is 0.812. The minimum absolute atomic E-state index is 0.0619. The van der Waals surface area contributed by atoms with Crippen LogP contribution in [0.25, 0.3) is 0 Å². The van der Waals surface area contributed by atoms with Crippen molar-refractivity contribution in [1.29, 1.82) is 0 Å². The van der Waals surface area contributed by atoms with Crippen LogP contribution in [0.3, 0.4) is 0 Å². The van der Waals surface area contributed by atoms with Crippen LogP contribution < -0.4 is 4.72 Å². The molecule has 1 aromatic carbocycles. The van der Waals surface area contributed by atoms with E-state index in [9.17, 15) is 8.42 Å². The average Bonchev–Trinajstić information content (AvgIpc) is 3.04. The van der Waals surface area contributed by atoms with Gasteiger partial charge in [-0.25, -0.2) is 13.1 Å². The third-order valence-corrected chi connectivity index (χ3v) is 6.52. The van der Waals surface area contributed by atoms with Crippen LogP contribution >= 0.6 is 11.6 Å². The second kappa shape index (κ2) is 8.10. The lowest BCUT2D eigenvalue weighted by Crippen LogP contribution is -2.44. The van der Waals surface area contributed by atoms with E-state index >= 15 is 0 Å². The molecule has 0 aliphatic carbocycles. The lowest BCUT2D eigenvalue weighted by molar-refractivity contribution is 0.0158. The number of sulfonamides is 1. The van der Waals surface area contributed by atoms with E-state index < -0.39 is 10.0 Å². The summed E-state index contributed by atoms with van der Waals surface area (Å²) in [4.78, 5) is 2.48. The summed E-state index contributed by atoms with van der Waals surface area (Å²) in [6.07, 6.45) is 1.97. The summed E-state index contributed by atoms with van der Waals surface area (Å²) in [5.74, 6) is 0. The maximum atomic E-state index is 12.8. The molecule has 3 rings (SSSR count). The number of hydrogen-bond acceptors (Lipinski definition) is 4. The molecule has 142 valence electrons. The van der Waals surface area contributed by atoms with E-state index in [0.29, 0.717) is 23.8 Å². The maximum Gasteiger partial charge on any atom is 0.240 e. The van der Waals surface area contributed by atoms with Gasteiger partial charge in [0.05, 0.1) is 24.2 Å². The predicted molar refractivity (Wildman–Crippen MR) is 102 cm³/mol. The Hall–Kier alpha value is -1.38. The van der Waals surface area contributed by atoms with Crippen LogP contribution in [0.4, 0.5) is 0 Å². The number of hydrogen-bond donors (Lipinski definition) is 1. The molecule has 0 bridgehead atoms. The molecule has 1 fully saturated rings. The van der Waals surface area contributed by atoms with Gasteiger partial charge in [-0.2, -0.15) is 0 Å². The second-order valence-electron chi connectivity index (χ2n) is 6.47. The van der Waals surface area contributed by atoms with Crippen LogP contribution in [0.2, 0.25) is 5.02 Å². The maximum absolute atomic E-state index is 12.8. The molecule has 1 atom stereocenters. The highest BCUT2D eigenvalue weighted by atomic mass is 35.5. The number of morpholine rings is 1. The summed E-state index contributed by atoms with van der Waals surface area (Å²) in [6.45, 7) is 4.90. The zero-order chi connectivity index (χ0) is 18.7. The molecule has 1 aliphatic heterocycles. The number of ether oxygens (including phenoxy) is 1. The van der Waals surface area contributed by atoms with Crippen LogP contribution in [0.15, 0.2) is 41.4 Å². The smallest absolute Gasteiger partial charge is 0.240 e. The van der Waals surface area contributed by atoms with Crippen molar-refractivity contribution >= 4 is 21.6 Å². The second-order valence-corrected chi connectivity index (χ2v) is 8.64. The van der Waals surface area contributed by atoms with Crippen LogP contribution in [0.5, 0.6) is 0 Å². The number of benzene rings is 1. The first-order valence-corrected chi connectivity index (χ1v) is 10.4. The third-order valence-electron chi connectivity index (χ3n) is 4.72. The van der Waals surface area contributed by atoms with Gasteiger partial charge >= 0.3 is 0 Å². The van der Waals surface area contributed by atoms with E-state index in [2.05, 4.69) is 9.62 Å². The molecule has 8 heteroatoms. The normalized spacial score (nSPS) is 17.3. The fourth-order valence-corrected chi connectivity index (χ4v) is 4.80. The summed E-state index contributed by atoms with van der Waals surface area (Å²) in [7, 11) is -1.68. The first kappa shape index (κ1) is 19.4. The molecule has 1 aliphatic rings. The number of nitrogens with one attached hydrogen (secondary N) is 1. The van der Waals surface area contributed by atoms with Gasteiger partial charge in [-0.15, -0.1) is 0 Å². The van der Waals surface area contributed by atoms with Gasteiger partial charge in [-0.3, -0.25) is 4.90 Å². The van der Waals surface area contributed by atoms with Crippen LogP contribution in [-0.2, 0) is 21.8 Å². The fraction of sp³-hybridized carbons (Fsp3) is 0.444. The average molecular weight is 398 g/mol. The van der Waals surface area contributed by atoms with Gasteiger partial charge in [0, 0.05) is 43.6 Å². The van der Waals surface area contributed by atoms with E-state index in [1.54, 1.807) is 19.1 Å². The van der Waals surface area contributed by atoms with Crippen molar-refractivity contribution in [2.24, 2.45) is 7.05 Å². The lowest BCUT2D eigenvalue weighted by atomic mass is 10.1. The van der Waals surface area contributed by atoms with Crippen molar-refractivity contribution in [3.8, 4) is 0 Å². The zero-order valence-electron chi connectivity index (χ0n) is 15.0. The topological polar surface area (TPSA) is 63.6 Å². The molecule has 2 aromatic rings. The van der Waals surface area contributed by atoms with Gasteiger partial charge in [-0.05, 0) is 36.8 Å². The Kier molecular flexibility index (Phi) is 6.04. The molecular weight excluding hydrogens is 374 g/mol. The first-order valence-electron chi connectivity index (χ1n) is 8.57. The van der Waals surface area contributed by atoms with Gasteiger partial charge in [0.2, 0.25) is 10.0 Å². The summed E-state index contributed by atoms with van der Waals surface area (Å²) in [6, 6.07) is 8.83. The van der Waals surface area contributed by atoms with Crippen LogP contribution in [-0.4, -0.2) is 50.7 Å². The fourth-order valence-electron chi connectivity index (χ4n) is 3.26. The molecule has 6 nitrogen and oxygen atoms in total. The summed E-state index contributed by atoms with van der Waals surface area (Å²) < 4.78 is 35.9. The SMILES string of the molecule is Cc1ccc(Cl)cc1S(=O)(=O)NCC(c1cccn1C)N1CCOCC1. The molecule has 0 radical (unpaired) electrons. The highest BCUT2D eigenvalue weighted by molar-refractivity contribution is 7.89. The van der Waals surface area contributed by atoms with Crippen molar-refractivity contribution in [2.75, 3.05) is 32.8 Å². The summed E-state index contributed by atoms with van der Waals surface area (Å²) >= 11 is 5.99. The Morgan fingerprint density at radius 1 is 1.27 bits per heavy atom. The van der Waals surface area contributed by atoms with Gasteiger partial charge < -0.3 is 9.30 Å². The van der Waals surface area contributed by atoms with E-state index in [-0.39, 0.29) is 17.5 Å². The molecule has 26 heavy (non-hydrogen) atoms. The number of rotatable bonds is 6. The third kappa shape index (κ3) is 4.29. The highest BCUT2D eigenvalue weighted by Crippen LogP contribution is 2.24. The monoisotopic (exact) mass is 397 g/mol. The molecule has 1 saturated heterocycles. The Morgan fingerprint density at radius 2 is 2.00 bits per heavy atom. The Morgan fingerprint density at radius 3 is 2.65 bits per heavy atom. The van der Waals surface area contributed by atoms with Crippen LogP contribution in [0.1, 0.15) is 17.3 Å². The van der Waals surface area contributed by atoms with Crippen molar-refractivity contribution in [2.45, 2.75) is 17.9 Å². The van der Waals surface area contributed by atoms with E-state index in [1.807, 2.05) is 29.9 Å². The molecule has 0 saturated carbocycles. The van der Waals surface area contributed by atoms with E-state index in [1.165, 1.54) is 6.07 Å². The van der Waals surface area contributed by atoms with Crippen molar-refractivity contribution in [3.05, 3.63) is 52.8 Å². The molecule has 0 amide bonds. The number of aryl methyl sites for hydroxylation is 2. The number of halogens is 1. The summed E-state index contributed by atoms with van der Waals surface area (Å²) in [5.41, 5.74) is 1.74. The molecule has 0 spiro atoms. The zero-order valence-corrected chi connectivity index (χ0v) is 16.6. The standard InChI is InChI=1S/C18H24ClN3O3S/c1-14-5-6-15(19)12-18(14)26(23,24)20-13-17(16-4-3-7-21(16)2)22-8-10-25-11-9-22/h3-7,12,17,20H,8-11,13H2,1-2H3. The first-order chi connectivity index (χ1) is 12.4. The molecule has 1 N–H and O–H groups in total. The van der Waals surface area contributed by atoms with Crippen molar-refractivity contribution < 1.29 is 13.2 Å². The van der Waals surface area contributed by atoms with Gasteiger partial charge in [0.1, 0.15) is 0 Å². The lowest BCUT2D eigenvalue weighted by Gasteiger charge is -2.35. The Bertz CT molecular complexity index is 860. The van der Waals surface area contributed by atoms with Gasteiger partial charge in [0.25, 0.3) is 0 Å². The predicted octanol–water partition coefficient (Wildman–Crippen LogP) is 2.34. The molecular formula is C18H24ClN3O3S. The highest BCUT2D eigenvalue weighted by Gasteiger charge is 2.27.